The zero-order chi connectivity index (χ0) is 14.7. The molecule has 2 aliphatic rings. The first-order valence-corrected chi connectivity index (χ1v) is 8.31. The van der Waals surface area contributed by atoms with E-state index in [1.807, 2.05) is 0 Å². The summed E-state index contributed by atoms with van der Waals surface area (Å²) in [7, 11) is 2.18. The monoisotopic (exact) mass is 289 g/mol. The smallest absolute Gasteiger partial charge is 0.213 e. The highest BCUT2D eigenvalue weighted by Crippen LogP contribution is 2.25. The third kappa shape index (κ3) is 4.68. The molecule has 0 saturated heterocycles. The second-order valence-electron chi connectivity index (χ2n) is 6.37. The van der Waals surface area contributed by atoms with Crippen molar-refractivity contribution in [2.75, 3.05) is 20.2 Å². The number of nitrogens with one attached hydrogen (secondary N) is 1. The van der Waals surface area contributed by atoms with Gasteiger partial charge in [0.25, 0.3) is 0 Å². The fourth-order valence-electron chi connectivity index (χ4n) is 2.52. The quantitative estimate of drug-likeness (QED) is 0.757. The van der Waals surface area contributed by atoms with E-state index in [0.717, 1.165) is 49.8 Å². The molecular weight excluding hydrogens is 262 g/mol. The van der Waals surface area contributed by atoms with Crippen LogP contribution >= 0.6 is 0 Å². The maximum Gasteiger partial charge on any atom is 0.213 e. The Balaban J connectivity index is 1.52. The van der Waals surface area contributed by atoms with Crippen LogP contribution in [0.5, 0.6) is 5.88 Å². The average Bonchev–Trinajstić information content (AvgIpc) is 3.38. The maximum absolute atomic E-state index is 5.88. The molecule has 0 unspecified atom stereocenters. The van der Waals surface area contributed by atoms with Crippen LogP contribution in [-0.2, 0) is 13.0 Å². The van der Waals surface area contributed by atoms with Gasteiger partial charge in [0.05, 0.1) is 0 Å². The standard InChI is InChI=1S/C17H27N3O/c1-3-14-10-13(12-18-15-4-5-15)11-17(19-14)21-9-8-20(2)16-6-7-16/h10-11,15-16,18H,3-9,12H2,1-2H3. The second-order valence-corrected chi connectivity index (χ2v) is 6.37. The highest BCUT2D eigenvalue weighted by atomic mass is 16.5. The normalized spacial score (nSPS) is 18.2. The van der Waals surface area contributed by atoms with E-state index < -0.39 is 0 Å². The SMILES string of the molecule is CCc1cc(CNC2CC2)cc(OCCN(C)C2CC2)n1. The molecule has 4 nitrogen and oxygen atoms in total. The van der Waals surface area contributed by atoms with E-state index in [1.165, 1.54) is 31.2 Å². The number of aromatic nitrogens is 1. The van der Waals surface area contributed by atoms with Gasteiger partial charge in [-0.05, 0) is 50.8 Å². The third-order valence-corrected chi connectivity index (χ3v) is 4.31. The van der Waals surface area contributed by atoms with Crippen LogP contribution in [0, 0.1) is 0 Å². The molecule has 1 aromatic rings. The lowest BCUT2D eigenvalue weighted by molar-refractivity contribution is 0.226. The largest absolute Gasteiger partial charge is 0.476 e. The Kier molecular flexibility index (Phi) is 4.76. The van der Waals surface area contributed by atoms with Gasteiger partial charge in [-0.1, -0.05) is 6.92 Å². The van der Waals surface area contributed by atoms with Crippen LogP contribution in [0.15, 0.2) is 12.1 Å². The number of aryl methyl sites for hydroxylation is 1. The molecule has 0 atom stereocenters. The van der Waals surface area contributed by atoms with Crippen molar-refractivity contribution in [1.82, 2.24) is 15.2 Å². The van der Waals surface area contributed by atoms with Crippen molar-refractivity contribution < 1.29 is 4.74 Å². The number of nitrogens with zero attached hydrogens (tertiary/aromatic N) is 2. The van der Waals surface area contributed by atoms with Crippen molar-refractivity contribution in [2.45, 2.75) is 57.7 Å². The number of likely N-dealkylation sites (N-methyl/N-ethyl adjacent to an activating group) is 1. The fraction of sp³-hybridized carbons (Fsp3) is 0.706. The van der Waals surface area contributed by atoms with Gasteiger partial charge < -0.3 is 15.0 Å². The van der Waals surface area contributed by atoms with Gasteiger partial charge in [0.15, 0.2) is 0 Å². The van der Waals surface area contributed by atoms with Crippen molar-refractivity contribution in [3.05, 3.63) is 23.4 Å². The first-order chi connectivity index (χ1) is 10.2. The zero-order valence-electron chi connectivity index (χ0n) is 13.3. The molecule has 2 aliphatic carbocycles. The predicted molar refractivity (Wildman–Crippen MR) is 84.6 cm³/mol. The highest BCUT2D eigenvalue weighted by molar-refractivity contribution is 5.25. The highest BCUT2D eigenvalue weighted by Gasteiger charge is 2.25. The Morgan fingerprint density at radius 2 is 2.10 bits per heavy atom. The molecule has 116 valence electrons. The van der Waals surface area contributed by atoms with E-state index in [1.54, 1.807) is 0 Å². The van der Waals surface area contributed by atoms with E-state index in [-0.39, 0.29) is 0 Å². The zero-order valence-corrected chi connectivity index (χ0v) is 13.3. The molecule has 21 heavy (non-hydrogen) atoms. The summed E-state index contributed by atoms with van der Waals surface area (Å²) in [6, 6.07) is 5.81. The number of rotatable bonds is 9. The topological polar surface area (TPSA) is 37.4 Å². The number of ether oxygens (including phenoxy) is 1. The van der Waals surface area contributed by atoms with Gasteiger partial charge in [-0.2, -0.15) is 0 Å². The lowest BCUT2D eigenvalue weighted by atomic mass is 10.2. The van der Waals surface area contributed by atoms with Crippen molar-refractivity contribution in [1.29, 1.82) is 0 Å². The Hall–Kier alpha value is -1.13. The van der Waals surface area contributed by atoms with Crippen molar-refractivity contribution in [3.8, 4) is 5.88 Å². The summed E-state index contributed by atoms with van der Waals surface area (Å²) in [5.41, 5.74) is 2.41. The van der Waals surface area contributed by atoms with E-state index in [0.29, 0.717) is 0 Å². The number of hydrogen-bond acceptors (Lipinski definition) is 4. The van der Waals surface area contributed by atoms with Crippen molar-refractivity contribution >= 4 is 0 Å². The maximum atomic E-state index is 5.88. The first kappa shape index (κ1) is 14.8. The van der Waals surface area contributed by atoms with E-state index in [9.17, 15) is 0 Å². The minimum Gasteiger partial charge on any atom is -0.476 e. The van der Waals surface area contributed by atoms with E-state index in [4.69, 9.17) is 4.74 Å². The average molecular weight is 289 g/mol. The Labute approximate surface area is 127 Å². The number of pyridine rings is 1. The lowest BCUT2D eigenvalue weighted by Crippen LogP contribution is -2.26. The van der Waals surface area contributed by atoms with Crippen LogP contribution in [-0.4, -0.2) is 42.2 Å². The molecule has 0 spiro atoms. The lowest BCUT2D eigenvalue weighted by Gasteiger charge is -2.16. The molecule has 2 fully saturated rings. The molecule has 0 amide bonds. The first-order valence-electron chi connectivity index (χ1n) is 8.31. The summed E-state index contributed by atoms with van der Waals surface area (Å²) in [4.78, 5) is 6.97. The molecule has 0 bridgehead atoms. The molecular formula is C17H27N3O. The summed E-state index contributed by atoms with van der Waals surface area (Å²) in [5.74, 6) is 0.783. The minimum absolute atomic E-state index is 0.725. The van der Waals surface area contributed by atoms with Crippen LogP contribution in [0.4, 0.5) is 0 Å². The van der Waals surface area contributed by atoms with Gasteiger partial charge in [-0.25, -0.2) is 4.98 Å². The van der Waals surface area contributed by atoms with Gasteiger partial charge in [0, 0.05) is 36.9 Å². The molecule has 4 heteroatoms. The molecule has 3 rings (SSSR count). The van der Waals surface area contributed by atoms with Gasteiger partial charge in [-0.15, -0.1) is 0 Å². The summed E-state index contributed by atoms with van der Waals surface area (Å²) in [6.07, 6.45) is 6.29. The fourth-order valence-corrected chi connectivity index (χ4v) is 2.52. The van der Waals surface area contributed by atoms with Crippen LogP contribution in [0.1, 0.15) is 43.9 Å². The second kappa shape index (κ2) is 6.75. The molecule has 0 aromatic carbocycles. The van der Waals surface area contributed by atoms with Crippen molar-refractivity contribution in [2.24, 2.45) is 0 Å². The minimum atomic E-state index is 0.725. The van der Waals surface area contributed by atoms with E-state index >= 15 is 0 Å². The Morgan fingerprint density at radius 1 is 1.29 bits per heavy atom. The van der Waals surface area contributed by atoms with Gasteiger partial charge >= 0.3 is 0 Å². The summed E-state index contributed by atoms with van der Waals surface area (Å²) >= 11 is 0. The van der Waals surface area contributed by atoms with Crippen LogP contribution in [0.2, 0.25) is 0 Å². The van der Waals surface area contributed by atoms with E-state index in [2.05, 4.69) is 41.3 Å². The van der Waals surface area contributed by atoms with Gasteiger partial charge in [-0.3, -0.25) is 0 Å². The molecule has 1 N–H and O–H groups in total. The summed E-state index contributed by atoms with van der Waals surface area (Å²) in [6.45, 7) is 4.78. The Morgan fingerprint density at radius 3 is 2.76 bits per heavy atom. The van der Waals surface area contributed by atoms with Crippen LogP contribution in [0.25, 0.3) is 0 Å². The Bertz CT molecular complexity index is 469. The summed E-state index contributed by atoms with van der Waals surface area (Å²) in [5, 5.41) is 3.56. The molecule has 2 saturated carbocycles. The molecule has 1 aromatic heterocycles. The van der Waals surface area contributed by atoms with Crippen LogP contribution in [0.3, 0.4) is 0 Å². The molecule has 1 heterocycles. The van der Waals surface area contributed by atoms with Crippen LogP contribution < -0.4 is 10.1 Å². The molecule has 0 radical (unpaired) electrons. The predicted octanol–water partition coefficient (Wildman–Crippen LogP) is 2.37. The third-order valence-electron chi connectivity index (χ3n) is 4.31. The van der Waals surface area contributed by atoms with Gasteiger partial charge in [0.1, 0.15) is 6.61 Å². The van der Waals surface area contributed by atoms with Gasteiger partial charge in [0.2, 0.25) is 5.88 Å². The summed E-state index contributed by atoms with van der Waals surface area (Å²) < 4.78 is 5.88. The van der Waals surface area contributed by atoms with Crippen molar-refractivity contribution in [3.63, 3.8) is 0 Å². The number of hydrogen-bond donors (Lipinski definition) is 1. The molecule has 0 aliphatic heterocycles.